The molecule has 0 amide bonds. The molecule has 0 rings (SSSR count). The summed E-state index contributed by atoms with van der Waals surface area (Å²) in [5, 5.41) is 0. The van der Waals surface area contributed by atoms with E-state index in [-0.39, 0.29) is 15.9 Å². The monoisotopic (exact) mass is 326 g/mol. The zero-order valence-electron chi connectivity index (χ0n) is 7.38. The fourth-order valence-corrected chi connectivity index (χ4v) is 3.60. The van der Waals surface area contributed by atoms with E-state index in [1.807, 2.05) is 0 Å². The fourth-order valence-electron chi connectivity index (χ4n) is 0.400. The van der Waals surface area contributed by atoms with Crippen LogP contribution in [0, 0.1) is 0 Å². The van der Waals surface area contributed by atoms with Crippen molar-refractivity contribution in [1.82, 2.24) is 0 Å². The number of halogens is 2. The van der Waals surface area contributed by atoms with E-state index in [4.69, 9.17) is 19.1 Å². The summed E-state index contributed by atoms with van der Waals surface area (Å²) in [6, 6.07) is 0. The first kappa shape index (κ1) is 15.6. The molecule has 0 aliphatic rings. The van der Waals surface area contributed by atoms with Gasteiger partial charge in [0, 0.05) is 0 Å². The third-order valence-corrected chi connectivity index (χ3v) is 3.58. The van der Waals surface area contributed by atoms with E-state index in [0.717, 1.165) is 0 Å². The van der Waals surface area contributed by atoms with Gasteiger partial charge in [-0.15, -0.1) is 15.8 Å². The molecule has 0 radical (unpaired) electrons. The van der Waals surface area contributed by atoms with Gasteiger partial charge in [-0.1, -0.05) is 0 Å². The molecule has 5 heteroatoms. The van der Waals surface area contributed by atoms with Crippen molar-refractivity contribution in [2.24, 2.45) is 0 Å². The van der Waals surface area contributed by atoms with Crippen LogP contribution >= 0.6 is 34.9 Å². The van der Waals surface area contributed by atoms with E-state index in [0.29, 0.717) is 15.8 Å². The molecule has 0 unspecified atom stereocenters. The zero-order chi connectivity index (χ0) is 9.28. The summed E-state index contributed by atoms with van der Waals surface area (Å²) in [4.78, 5) is 0. The summed E-state index contributed by atoms with van der Waals surface area (Å²) in [7, 11) is 10.4. The van der Waals surface area contributed by atoms with Gasteiger partial charge in [-0.25, -0.2) is 0 Å². The van der Waals surface area contributed by atoms with Crippen molar-refractivity contribution in [3.63, 3.8) is 0 Å². The van der Waals surface area contributed by atoms with Gasteiger partial charge >= 0.3 is 35.0 Å². The molecule has 0 nitrogen and oxygen atoms in total. The van der Waals surface area contributed by atoms with Crippen LogP contribution in [0.4, 0.5) is 0 Å². The first-order valence-corrected chi connectivity index (χ1v) is 12.0. The minimum absolute atomic E-state index is 0.106. The molecule has 0 aromatic heterocycles. The second-order valence-corrected chi connectivity index (χ2v) is 10.2. The van der Waals surface area contributed by atoms with Crippen LogP contribution in [0.25, 0.3) is 0 Å². The van der Waals surface area contributed by atoms with Crippen molar-refractivity contribution in [2.75, 3.05) is 39.0 Å². The molecule has 74 valence electrons. The van der Waals surface area contributed by atoms with Gasteiger partial charge in [0.15, 0.2) is 0 Å². The van der Waals surface area contributed by atoms with Gasteiger partial charge in [0.05, 0.1) is 0 Å². The third kappa shape index (κ3) is 24.5. The maximum absolute atomic E-state index is 4.81. The Morgan fingerprint density at radius 1 is 0.909 bits per heavy atom. The van der Waals surface area contributed by atoms with E-state index in [9.17, 15) is 0 Å². The summed E-state index contributed by atoms with van der Waals surface area (Å²) < 4.78 is 0. The van der Waals surface area contributed by atoms with Crippen LogP contribution in [0.15, 0.2) is 0 Å². The summed E-state index contributed by atoms with van der Waals surface area (Å²) in [6.45, 7) is 9.42. The second kappa shape index (κ2) is 12.1. The van der Waals surface area contributed by atoms with Gasteiger partial charge in [-0.2, -0.15) is 0 Å². The van der Waals surface area contributed by atoms with Crippen molar-refractivity contribution in [2.45, 2.75) is 0 Å². The quantitative estimate of drug-likeness (QED) is 0.546. The number of hydrogen-bond acceptors (Lipinski definition) is 0. The van der Waals surface area contributed by atoms with Gasteiger partial charge < -0.3 is 0 Å². The van der Waals surface area contributed by atoms with E-state index in [1.165, 1.54) is 12.3 Å². The van der Waals surface area contributed by atoms with E-state index >= 15 is 0 Å². The molecule has 0 aliphatic heterocycles. The summed E-state index contributed by atoms with van der Waals surface area (Å²) >= 11 is -0.106. The Morgan fingerprint density at radius 3 is 1.18 bits per heavy atom. The van der Waals surface area contributed by atoms with Gasteiger partial charge in [-0.3, -0.25) is 0 Å². The topological polar surface area (TPSA) is 0 Å². The van der Waals surface area contributed by atoms with E-state index in [1.54, 1.807) is 0 Å². The normalized spacial score (nSPS) is 10.2. The van der Waals surface area contributed by atoms with Gasteiger partial charge in [-0.05, 0) is 39.0 Å². The minimum atomic E-state index is -0.106. The van der Waals surface area contributed by atoms with Gasteiger partial charge in [0.25, 0.3) is 0 Å². The van der Waals surface area contributed by atoms with Crippen LogP contribution in [-0.4, -0.2) is 39.0 Å². The summed E-state index contributed by atoms with van der Waals surface area (Å²) in [5.74, 6) is 0. The van der Waals surface area contributed by atoms with Crippen LogP contribution in [0.2, 0.25) is 0 Å². The Morgan fingerprint density at radius 2 is 1.09 bits per heavy atom. The summed E-state index contributed by atoms with van der Waals surface area (Å²) in [5.41, 5.74) is 0. The Balaban J connectivity index is 0. The average molecular weight is 327 g/mol. The molecule has 0 heterocycles. The first-order valence-electron chi connectivity index (χ1n) is 3.16. The fraction of sp³-hybridized carbons (Fsp3) is 1.00. The van der Waals surface area contributed by atoms with Crippen LogP contribution in [0.5, 0.6) is 0 Å². The average Bonchev–Trinajstić information content (AvgIpc) is 1.85. The van der Waals surface area contributed by atoms with Crippen LogP contribution in [-0.2, 0) is 15.9 Å². The Hall–Kier alpha value is 2.10. The van der Waals surface area contributed by atoms with Crippen molar-refractivity contribution >= 4 is 34.9 Å². The Kier molecular flexibility index (Phi) is 17.1. The molecule has 0 spiro atoms. The Labute approximate surface area is 89.4 Å². The molecule has 0 fully saturated rings. The SMILES string of the molecule is CP(C)CCP(C)C.[Cl][Pd][Cl]. The van der Waals surface area contributed by atoms with Crippen LogP contribution in [0.3, 0.4) is 0 Å². The molecule has 0 aromatic carbocycles. The second-order valence-electron chi connectivity index (χ2n) is 2.65. The molecular formula is C6H16Cl2P2Pd. The first-order chi connectivity index (χ1) is 5.04. The van der Waals surface area contributed by atoms with Crippen LogP contribution < -0.4 is 0 Å². The number of hydrogen-bond donors (Lipinski definition) is 0. The molecule has 0 aliphatic carbocycles. The van der Waals surface area contributed by atoms with Crippen molar-refractivity contribution in [3.8, 4) is 0 Å². The molecule has 0 saturated heterocycles. The molecule has 0 atom stereocenters. The summed E-state index contributed by atoms with van der Waals surface area (Å²) in [6.07, 6.45) is 2.96. The number of rotatable bonds is 3. The van der Waals surface area contributed by atoms with Crippen molar-refractivity contribution in [1.29, 1.82) is 0 Å². The van der Waals surface area contributed by atoms with Crippen molar-refractivity contribution in [3.05, 3.63) is 0 Å². The van der Waals surface area contributed by atoms with Gasteiger partial charge in [0.2, 0.25) is 0 Å². The molecular weight excluding hydrogens is 311 g/mol. The van der Waals surface area contributed by atoms with Gasteiger partial charge in [0.1, 0.15) is 0 Å². The van der Waals surface area contributed by atoms with E-state index < -0.39 is 0 Å². The third-order valence-electron chi connectivity index (χ3n) is 0.994. The zero-order valence-corrected chi connectivity index (χ0v) is 12.2. The standard InChI is InChI=1S/C6H16P2.2ClH.Pd/c1-7(2)5-6-8(3)4;;;/h5-6H2,1-4H3;2*1H;/q;;;+2/p-2. The molecule has 0 aromatic rings. The Bertz CT molecular complexity index is 63.6. The predicted molar refractivity (Wildman–Crippen MR) is 59.0 cm³/mol. The molecule has 0 N–H and O–H groups in total. The molecule has 0 saturated carbocycles. The molecule has 11 heavy (non-hydrogen) atoms. The molecule has 0 bridgehead atoms. The van der Waals surface area contributed by atoms with Crippen LogP contribution in [0.1, 0.15) is 0 Å². The maximum atomic E-state index is 4.81. The van der Waals surface area contributed by atoms with E-state index in [2.05, 4.69) is 26.7 Å². The predicted octanol–water partition coefficient (Wildman–Crippen LogP) is 3.85. The van der Waals surface area contributed by atoms with Crippen molar-refractivity contribution < 1.29 is 15.9 Å².